The Morgan fingerprint density at radius 2 is 1.81 bits per heavy atom. The zero-order valence-electron chi connectivity index (χ0n) is 15.8. The van der Waals surface area contributed by atoms with Gasteiger partial charge in [-0.15, -0.1) is 0 Å². The molecule has 0 radical (unpaired) electrons. The topological polar surface area (TPSA) is 42.2 Å². The minimum Gasteiger partial charge on any atom is -0.348 e. The fourth-order valence-corrected chi connectivity index (χ4v) is 4.38. The lowest BCUT2D eigenvalue weighted by molar-refractivity contribution is -0.214. The highest BCUT2D eigenvalue weighted by atomic mass is 19.1. The van der Waals surface area contributed by atoms with Gasteiger partial charge in [-0.05, 0) is 36.8 Å². The van der Waals surface area contributed by atoms with Gasteiger partial charge in [0, 0.05) is 11.5 Å². The first kappa shape index (κ1) is 19.3. The first-order valence-corrected chi connectivity index (χ1v) is 10.1. The first-order chi connectivity index (χ1) is 12.7. The molecule has 0 spiro atoms. The lowest BCUT2D eigenvalue weighted by atomic mass is 9.74. The second-order valence-electron chi connectivity index (χ2n) is 7.89. The predicted octanol–water partition coefficient (Wildman–Crippen LogP) is 5.75. The van der Waals surface area contributed by atoms with E-state index in [1.54, 1.807) is 6.07 Å². The number of hydrogen-bond acceptors (Lipinski definition) is 3. The van der Waals surface area contributed by atoms with Gasteiger partial charge in [-0.3, -0.25) is 0 Å². The van der Waals surface area contributed by atoms with Gasteiger partial charge < -0.3 is 9.47 Å². The van der Waals surface area contributed by atoms with Crippen LogP contribution >= 0.6 is 0 Å². The molecule has 0 atom stereocenters. The van der Waals surface area contributed by atoms with Crippen molar-refractivity contribution >= 4 is 0 Å². The average molecular weight is 359 g/mol. The third kappa shape index (κ3) is 4.84. The van der Waals surface area contributed by atoms with Gasteiger partial charge in [0.2, 0.25) is 0 Å². The lowest BCUT2D eigenvalue weighted by Gasteiger charge is -2.38. The lowest BCUT2D eigenvalue weighted by Crippen LogP contribution is -2.34. The standard InChI is InChI=1S/C22H30FNO2/c1-2-3-4-5-16-6-8-17(9-7-16)20-14-25-22(26-15-20)18-10-11-19(13-24)21(23)12-18/h10-12,16-17,20,22H,2-9,14-15H2,1H3/t16-,17-,20-,22-. The number of hydrogen-bond donors (Lipinski definition) is 0. The minimum atomic E-state index is -0.515. The fourth-order valence-electron chi connectivity index (χ4n) is 4.38. The van der Waals surface area contributed by atoms with Crippen molar-refractivity contribution < 1.29 is 13.9 Å². The maximum Gasteiger partial charge on any atom is 0.183 e. The van der Waals surface area contributed by atoms with E-state index in [9.17, 15) is 4.39 Å². The van der Waals surface area contributed by atoms with Crippen LogP contribution < -0.4 is 0 Å². The molecule has 1 aromatic carbocycles. The molecular weight excluding hydrogens is 329 g/mol. The third-order valence-electron chi connectivity index (χ3n) is 6.08. The molecule has 2 fully saturated rings. The zero-order valence-corrected chi connectivity index (χ0v) is 15.8. The van der Waals surface area contributed by atoms with E-state index in [1.807, 2.05) is 6.07 Å². The molecule has 1 saturated carbocycles. The van der Waals surface area contributed by atoms with Crippen LogP contribution in [0.2, 0.25) is 0 Å². The molecule has 0 amide bonds. The number of unbranched alkanes of at least 4 members (excludes halogenated alkanes) is 2. The minimum absolute atomic E-state index is 0.0538. The molecule has 2 aliphatic rings. The number of nitriles is 1. The van der Waals surface area contributed by atoms with Gasteiger partial charge in [0.1, 0.15) is 11.9 Å². The molecule has 3 rings (SSSR count). The summed E-state index contributed by atoms with van der Waals surface area (Å²) in [5.41, 5.74) is 0.706. The molecule has 1 heterocycles. The molecular formula is C22H30FNO2. The van der Waals surface area contributed by atoms with Crippen LogP contribution in [0.4, 0.5) is 4.39 Å². The van der Waals surface area contributed by atoms with Crippen molar-refractivity contribution in [2.75, 3.05) is 13.2 Å². The molecule has 1 aliphatic heterocycles. The number of rotatable bonds is 6. The highest BCUT2D eigenvalue weighted by Crippen LogP contribution is 2.38. The zero-order chi connectivity index (χ0) is 18.4. The summed E-state index contributed by atoms with van der Waals surface area (Å²) in [5.74, 6) is 1.54. The van der Waals surface area contributed by atoms with Crippen LogP contribution in [-0.4, -0.2) is 13.2 Å². The van der Waals surface area contributed by atoms with Crippen molar-refractivity contribution in [2.24, 2.45) is 17.8 Å². The molecule has 0 N–H and O–H groups in total. The van der Waals surface area contributed by atoms with E-state index in [2.05, 4.69) is 6.92 Å². The Morgan fingerprint density at radius 1 is 1.08 bits per heavy atom. The monoisotopic (exact) mass is 359 g/mol. The van der Waals surface area contributed by atoms with Gasteiger partial charge in [0.15, 0.2) is 6.29 Å². The Morgan fingerprint density at radius 3 is 2.42 bits per heavy atom. The third-order valence-corrected chi connectivity index (χ3v) is 6.08. The van der Waals surface area contributed by atoms with E-state index in [0.29, 0.717) is 30.6 Å². The molecule has 0 unspecified atom stereocenters. The van der Waals surface area contributed by atoms with Gasteiger partial charge in [0.25, 0.3) is 0 Å². The van der Waals surface area contributed by atoms with E-state index in [-0.39, 0.29) is 5.56 Å². The summed E-state index contributed by atoms with van der Waals surface area (Å²) in [6.07, 6.45) is 10.2. The molecule has 1 saturated heterocycles. The van der Waals surface area contributed by atoms with Crippen molar-refractivity contribution in [3.63, 3.8) is 0 Å². The summed E-state index contributed by atoms with van der Waals surface area (Å²) in [7, 11) is 0. The van der Waals surface area contributed by atoms with E-state index in [0.717, 1.165) is 5.92 Å². The van der Waals surface area contributed by atoms with E-state index >= 15 is 0 Å². The predicted molar refractivity (Wildman–Crippen MR) is 98.8 cm³/mol. The van der Waals surface area contributed by atoms with Gasteiger partial charge >= 0.3 is 0 Å². The van der Waals surface area contributed by atoms with Gasteiger partial charge in [0.05, 0.1) is 18.8 Å². The summed E-state index contributed by atoms with van der Waals surface area (Å²) in [5, 5.41) is 8.83. The molecule has 4 heteroatoms. The van der Waals surface area contributed by atoms with Gasteiger partial charge in [-0.25, -0.2) is 4.39 Å². The van der Waals surface area contributed by atoms with Crippen molar-refractivity contribution in [3.8, 4) is 6.07 Å². The Labute approximate surface area is 156 Å². The Hall–Kier alpha value is -1.44. The van der Waals surface area contributed by atoms with Crippen LogP contribution in [0.3, 0.4) is 0 Å². The average Bonchev–Trinajstić information content (AvgIpc) is 2.69. The molecule has 142 valence electrons. The van der Waals surface area contributed by atoms with E-state index in [4.69, 9.17) is 14.7 Å². The largest absolute Gasteiger partial charge is 0.348 e. The van der Waals surface area contributed by atoms with Crippen LogP contribution in [0.15, 0.2) is 18.2 Å². The van der Waals surface area contributed by atoms with Crippen molar-refractivity contribution in [1.82, 2.24) is 0 Å². The van der Waals surface area contributed by atoms with Gasteiger partial charge in [-0.2, -0.15) is 5.26 Å². The van der Waals surface area contributed by atoms with Crippen molar-refractivity contribution in [3.05, 3.63) is 35.1 Å². The quantitative estimate of drug-likeness (QED) is 0.608. The van der Waals surface area contributed by atoms with Crippen LogP contribution in [0, 0.1) is 34.9 Å². The van der Waals surface area contributed by atoms with Crippen molar-refractivity contribution in [2.45, 2.75) is 64.6 Å². The van der Waals surface area contributed by atoms with Crippen LogP contribution in [-0.2, 0) is 9.47 Å². The summed E-state index contributed by atoms with van der Waals surface area (Å²) >= 11 is 0. The van der Waals surface area contributed by atoms with Crippen molar-refractivity contribution in [1.29, 1.82) is 5.26 Å². The Balaban J connectivity index is 1.44. The second-order valence-corrected chi connectivity index (χ2v) is 7.89. The summed E-state index contributed by atoms with van der Waals surface area (Å²) < 4.78 is 25.6. The summed E-state index contributed by atoms with van der Waals surface area (Å²) in [6, 6.07) is 6.40. The van der Waals surface area contributed by atoms with E-state index < -0.39 is 12.1 Å². The Kier molecular flexibility index (Phi) is 7.05. The molecule has 0 aromatic heterocycles. The van der Waals surface area contributed by atoms with E-state index in [1.165, 1.54) is 63.5 Å². The van der Waals surface area contributed by atoms with Crippen LogP contribution in [0.25, 0.3) is 0 Å². The molecule has 3 nitrogen and oxygen atoms in total. The van der Waals surface area contributed by atoms with Gasteiger partial charge in [-0.1, -0.05) is 51.5 Å². The fraction of sp³-hybridized carbons (Fsp3) is 0.682. The maximum absolute atomic E-state index is 13.8. The normalized spacial score (nSPS) is 29.3. The van der Waals surface area contributed by atoms with Crippen LogP contribution in [0.5, 0.6) is 0 Å². The highest BCUT2D eigenvalue weighted by molar-refractivity contribution is 5.33. The number of nitrogens with zero attached hydrogens (tertiary/aromatic N) is 1. The second kappa shape index (κ2) is 9.48. The molecule has 1 aliphatic carbocycles. The summed E-state index contributed by atoms with van der Waals surface area (Å²) in [4.78, 5) is 0. The van der Waals surface area contributed by atoms with Crippen LogP contribution in [0.1, 0.15) is 75.7 Å². The maximum atomic E-state index is 13.8. The summed E-state index contributed by atoms with van der Waals surface area (Å²) in [6.45, 7) is 3.62. The highest BCUT2D eigenvalue weighted by Gasteiger charge is 2.32. The molecule has 1 aromatic rings. The smallest absolute Gasteiger partial charge is 0.183 e. The molecule has 26 heavy (non-hydrogen) atoms. The first-order valence-electron chi connectivity index (χ1n) is 10.1. The Bertz CT molecular complexity index is 611. The number of halogens is 1. The molecule has 0 bridgehead atoms. The number of benzene rings is 1. The SMILES string of the molecule is CCCCC[C@H]1CC[C@H]([C@H]2CO[C@H](c3ccc(C#N)c(F)c3)OC2)CC1. The number of ether oxygens (including phenoxy) is 2.